The van der Waals surface area contributed by atoms with Gasteiger partial charge < -0.3 is 9.30 Å². The Morgan fingerprint density at radius 1 is 1.10 bits per heavy atom. The second-order valence-electron chi connectivity index (χ2n) is 7.29. The van der Waals surface area contributed by atoms with Crippen LogP contribution in [0, 0.1) is 0 Å². The van der Waals surface area contributed by atoms with Gasteiger partial charge in [0.2, 0.25) is 5.43 Å². The number of fused-ring (bicyclic) bond motifs is 1. The average molecular weight is 401 g/mol. The Bertz CT molecular complexity index is 903. The van der Waals surface area contributed by atoms with Crippen molar-refractivity contribution in [1.29, 1.82) is 0 Å². The van der Waals surface area contributed by atoms with Crippen molar-refractivity contribution in [3.8, 4) is 0 Å². The smallest absolute Gasteiger partial charge is 0.343 e. The SMILES string of the molecule is CCCCCCCCn1cc(C(=O)OCC)c(=O)c2ccc(N=NN(C)C)cc21. The number of aryl methyl sites for hydroxylation is 1. The third-order valence-corrected chi connectivity index (χ3v) is 4.65. The van der Waals surface area contributed by atoms with Crippen molar-refractivity contribution >= 4 is 22.6 Å². The molecule has 0 amide bonds. The van der Waals surface area contributed by atoms with Crippen LogP contribution in [0.5, 0.6) is 0 Å². The summed E-state index contributed by atoms with van der Waals surface area (Å²) >= 11 is 0. The van der Waals surface area contributed by atoms with Crippen molar-refractivity contribution in [3.05, 3.63) is 40.2 Å². The van der Waals surface area contributed by atoms with Crippen LogP contribution in [0.1, 0.15) is 62.7 Å². The fourth-order valence-electron chi connectivity index (χ4n) is 3.18. The fourth-order valence-corrected chi connectivity index (χ4v) is 3.18. The number of hydrogen-bond donors (Lipinski definition) is 0. The van der Waals surface area contributed by atoms with Crippen molar-refractivity contribution in [2.24, 2.45) is 10.3 Å². The van der Waals surface area contributed by atoms with Crippen LogP contribution in [0.25, 0.3) is 10.9 Å². The summed E-state index contributed by atoms with van der Waals surface area (Å²) in [5.41, 5.74) is 1.18. The molecule has 0 saturated carbocycles. The molecule has 0 aliphatic carbocycles. The predicted molar refractivity (Wildman–Crippen MR) is 116 cm³/mol. The molecule has 0 saturated heterocycles. The second kappa shape index (κ2) is 11.3. The van der Waals surface area contributed by atoms with Crippen LogP contribution in [-0.4, -0.2) is 36.2 Å². The lowest BCUT2D eigenvalue weighted by Crippen LogP contribution is -2.21. The maximum Gasteiger partial charge on any atom is 0.343 e. The molecule has 7 nitrogen and oxygen atoms in total. The summed E-state index contributed by atoms with van der Waals surface area (Å²) in [4.78, 5) is 25.1. The summed E-state index contributed by atoms with van der Waals surface area (Å²) in [6.45, 7) is 4.89. The molecular weight excluding hydrogens is 368 g/mol. The number of carbonyl (C=O) groups is 1. The number of carbonyl (C=O) groups excluding carboxylic acids is 1. The maximum absolute atomic E-state index is 12.8. The maximum atomic E-state index is 12.8. The first kappa shape index (κ1) is 22.6. The molecule has 1 aromatic heterocycles. The summed E-state index contributed by atoms with van der Waals surface area (Å²) in [6.07, 6.45) is 8.63. The molecule has 29 heavy (non-hydrogen) atoms. The Morgan fingerprint density at radius 2 is 1.83 bits per heavy atom. The van der Waals surface area contributed by atoms with Crippen LogP contribution in [0.2, 0.25) is 0 Å². The van der Waals surface area contributed by atoms with Gasteiger partial charge in [0.1, 0.15) is 5.56 Å². The largest absolute Gasteiger partial charge is 0.462 e. The minimum absolute atomic E-state index is 0.0769. The van der Waals surface area contributed by atoms with Gasteiger partial charge in [-0.2, -0.15) is 0 Å². The number of pyridine rings is 1. The van der Waals surface area contributed by atoms with Crippen molar-refractivity contribution in [3.63, 3.8) is 0 Å². The first-order valence-electron chi connectivity index (χ1n) is 10.4. The van der Waals surface area contributed by atoms with Crippen LogP contribution < -0.4 is 5.43 Å². The van der Waals surface area contributed by atoms with Gasteiger partial charge in [-0.05, 0) is 31.5 Å². The number of hydrogen-bond acceptors (Lipinski definition) is 5. The molecule has 0 spiro atoms. The Kier molecular flexibility index (Phi) is 8.83. The van der Waals surface area contributed by atoms with Crippen LogP contribution in [0.15, 0.2) is 39.5 Å². The van der Waals surface area contributed by atoms with E-state index in [2.05, 4.69) is 17.3 Å². The van der Waals surface area contributed by atoms with Gasteiger partial charge in [-0.25, -0.2) is 4.79 Å². The molecule has 1 aromatic carbocycles. The fraction of sp³-hybridized carbons (Fsp3) is 0.545. The zero-order valence-electron chi connectivity index (χ0n) is 18.0. The molecule has 7 heteroatoms. The van der Waals surface area contributed by atoms with Crippen molar-refractivity contribution in [1.82, 2.24) is 9.58 Å². The van der Waals surface area contributed by atoms with E-state index in [-0.39, 0.29) is 17.6 Å². The van der Waals surface area contributed by atoms with Gasteiger partial charge in [0.05, 0.1) is 17.8 Å². The molecule has 0 fully saturated rings. The molecule has 2 rings (SSSR count). The third kappa shape index (κ3) is 6.41. The lowest BCUT2D eigenvalue weighted by atomic mass is 10.1. The van der Waals surface area contributed by atoms with Crippen molar-refractivity contribution < 1.29 is 9.53 Å². The van der Waals surface area contributed by atoms with E-state index in [0.717, 1.165) is 24.9 Å². The van der Waals surface area contributed by atoms with Crippen molar-refractivity contribution in [2.45, 2.75) is 58.9 Å². The molecule has 158 valence electrons. The van der Waals surface area contributed by atoms with Gasteiger partial charge >= 0.3 is 5.97 Å². The van der Waals surface area contributed by atoms with Crippen LogP contribution in [0.3, 0.4) is 0 Å². The molecule has 2 aromatic rings. The summed E-state index contributed by atoms with van der Waals surface area (Å²) < 4.78 is 7.05. The highest BCUT2D eigenvalue weighted by molar-refractivity contribution is 5.94. The topological polar surface area (TPSA) is 76.3 Å². The summed E-state index contributed by atoms with van der Waals surface area (Å²) in [5.74, 6) is -0.576. The van der Waals surface area contributed by atoms with E-state index >= 15 is 0 Å². The van der Waals surface area contributed by atoms with Gasteiger partial charge in [0.15, 0.2) is 0 Å². The van der Waals surface area contributed by atoms with Crippen LogP contribution >= 0.6 is 0 Å². The molecule has 0 atom stereocenters. The Balaban J connectivity index is 2.39. The van der Waals surface area contributed by atoms with E-state index in [4.69, 9.17) is 4.74 Å². The third-order valence-electron chi connectivity index (χ3n) is 4.65. The minimum atomic E-state index is -0.576. The lowest BCUT2D eigenvalue weighted by Gasteiger charge is -2.14. The van der Waals surface area contributed by atoms with Gasteiger partial charge in [0, 0.05) is 32.2 Å². The van der Waals surface area contributed by atoms with Crippen molar-refractivity contribution in [2.75, 3.05) is 20.7 Å². The molecule has 0 aliphatic heterocycles. The van der Waals surface area contributed by atoms with E-state index in [1.165, 1.54) is 25.7 Å². The molecule has 0 bridgehead atoms. The van der Waals surface area contributed by atoms with Gasteiger partial charge in [0.25, 0.3) is 0 Å². The summed E-state index contributed by atoms with van der Waals surface area (Å²) in [5, 5.41) is 10.3. The number of benzene rings is 1. The monoisotopic (exact) mass is 400 g/mol. The average Bonchev–Trinajstić information content (AvgIpc) is 2.70. The highest BCUT2D eigenvalue weighted by atomic mass is 16.5. The summed E-state index contributed by atoms with van der Waals surface area (Å²) in [7, 11) is 3.59. The molecule has 1 heterocycles. The number of ether oxygens (including phenoxy) is 1. The first-order valence-corrected chi connectivity index (χ1v) is 10.4. The van der Waals surface area contributed by atoms with E-state index in [0.29, 0.717) is 11.1 Å². The Morgan fingerprint density at radius 3 is 2.52 bits per heavy atom. The molecule has 0 unspecified atom stereocenters. The zero-order valence-corrected chi connectivity index (χ0v) is 18.0. The minimum Gasteiger partial charge on any atom is -0.462 e. The van der Waals surface area contributed by atoms with Gasteiger partial charge in [-0.15, -0.1) is 5.11 Å². The molecule has 0 N–H and O–H groups in total. The number of aromatic nitrogens is 1. The van der Waals surface area contributed by atoms with Crippen LogP contribution in [-0.2, 0) is 11.3 Å². The normalized spacial score (nSPS) is 11.3. The number of nitrogens with zero attached hydrogens (tertiary/aromatic N) is 4. The quantitative estimate of drug-likeness (QED) is 0.228. The number of esters is 1. The standard InChI is InChI=1S/C22H32N4O3/c1-5-7-8-9-10-11-14-26-16-19(22(28)29-6-2)21(27)18-13-12-17(15-20(18)26)23-24-25(3)4/h12-13,15-16H,5-11,14H2,1-4H3. The van der Waals surface area contributed by atoms with Gasteiger partial charge in [-0.1, -0.05) is 44.3 Å². The van der Waals surface area contributed by atoms with E-state index in [9.17, 15) is 9.59 Å². The van der Waals surface area contributed by atoms with Crippen LogP contribution in [0.4, 0.5) is 5.69 Å². The Hall–Kier alpha value is -2.70. The number of unbranched alkanes of at least 4 members (excludes halogenated alkanes) is 5. The molecule has 0 radical (unpaired) electrons. The molecular formula is C22H32N4O3. The lowest BCUT2D eigenvalue weighted by molar-refractivity contribution is 0.0524. The Labute approximate surface area is 172 Å². The second-order valence-corrected chi connectivity index (χ2v) is 7.29. The van der Waals surface area contributed by atoms with E-state index in [1.54, 1.807) is 44.4 Å². The predicted octanol–water partition coefficient (Wildman–Crippen LogP) is 5.10. The molecule has 0 aliphatic rings. The highest BCUT2D eigenvalue weighted by Gasteiger charge is 2.16. The first-order chi connectivity index (χ1) is 14.0. The summed E-state index contributed by atoms with van der Waals surface area (Å²) in [6, 6.07) is 5.29. The van der Waals surface area contributed by atoms with E-state index in [1.807, 2.05) is 10.6 Å². The van der Waals surface area contributed by atoms with Gasteiger partial charge in [-0.3, -0.25) is 9.80 Å². The highest BCUT2D eigenvalue weighted by Crippen LogP contribution is 2.21. The van der Waals surface area contributed by atoms with E-state index < -0.39 is 5.97 Å². The number of rotatable bonds is 11. The zero-order chi connectivity index (χ0) is 21.2.